The Morgan fingerprint density at radius 2 is 2.00 bits per heavy atom. The lowest BCUT2D eigenvalue weighted by Crippen LogP contribution is -2.33. The molecule has 3 nitrogen and oxygen atoms in total. The maximum absolute atomic E-state index is 12.8. The van der Waals surface area contributed by atoms with Crippen LogP contribution in [-0.4, -0.2) is 43.9 Å². The quantitative estimate of drug-likeness (QED) is 0.688. The molecule has 116 valence electrons. The molecule has 0 N–H and O–H groups in total. The van der Waals surface area contributed by atoms with Crippen molar-refractivity contribution < 1.29 is 13.9 Å². The largest absolute Gasteiger partial charge is 0.494 e. The number of hydrogen-bond donors (Lipinski definition) is 0. The molecule has 0 radical (unpaired) electrons. The van der Waals surface area contributed by atoms with E-state index in [4.69, 9.17) is 9.47 Å². The SMILES string of the molecule is Fc1ccc(OCCCN(CC2CCOC2)C2CC2)cc1. The average Bonchev–Trinajstić information content (AvgIpc) is 3.22. The Kier molecular flexibility index (Phi) is 5.09. The molecule has 0 bridgehead atoms. The van der Waals surface area contributed by atoms with Gasteiger partial charge in [0.25, 0.3) is 0 Å². The Labute approximate surface area is 126 Å². The number of hydrogen-bond acceptors (Lipinski definition) is 3. The van der Waals surface area contributed by atoms with Crippen LogP contribution in [0.25, 0.3) is 0 Å². The van der Waals surface area contributed by atoms with Crippen molar-refractivity contribution in [1.82, 2.24) is 4.90 Å². The molecule has 1 aliphatic carbocycles. The second-order valence-corrected chi connectivity index (χ2v) is 6.11. The van der Waals surface area contributed by atoms with Crippen LogP contribution >= 0.6 is 0 Å². The van der Waals surface area contributed by atoms with Gasteiger partial charge in [0.15, 0.2) is 0 Å². The Morgan fingerprint density at radius 1 is 1.19 bits per heavy atom. The summed E-state index contributed by atoms with van der Waals surface area (Å²) in [5.41, 5.74) is 0. The van der Waals surface area contributed by atoms with Gasteiger partial charge in [0.05, 0.1) is 13.2 Å². The topological polar surface area (TPSA) is 21.7 Å². The molecular weight excluding hydrogens is 269 g/mol. The summed E-state index contributed by atoms with van der Waals surface area (Å²) in [5, 5.41) is 0. The van der Waals surface area contributed by atoms with E-state index < -0.39 is 0 Å². The summed E-state index contributed by atoms with van der Waals surface area (Å²) in [4.78, 5) is 2.60. The summed E-state index contributed by atoms with van der Waals surface area (Å²) in [5.74, 6) is 1.24. The zero-order chi connectivity index (χ0) is 14.5. The fourth-order valence-corrected chi connectivity index (χ4v) is 2.91. The summed E-state index contributed by atoms with van der Waals surface area (Å²) in [6.07, 6.45) is 4.90. The fraction of sp³-hybridized carbons (Fsp3) is 0.647. The van der Waals surface area contributed by atoms with Crippen molar-refractivity contribution in [3.8, 4) is 5.75 Å². The maximum atomic E-state index is 12.8. The molecule has 1 saturated carbocycles. The van der Waals surface area contributed by atoms with Crippen LogP contribution in [0.5, 0.6) is 5.75 Å². The molecule has 2 aliphatic rings. The second kappa shape index (κ2) is 7.23. The van der Waals surface area contributed by atoms with E-state index in [-0.39, 0.29) is 5.82 Å². The van der Waals surface area contributed by atoms with Gasteiger partial charge >= 0.3 is 0 Å². The van der Waals surface area contributed by atoms with Gasteiger partial charge in [-0.2, -0.15) is 0 Å². The summed E-state index contributed by atoms with van der Waals surface area (Å²) in [6.45, 7) is 4.80. The number of benzene rings is 1. The minimum absolute atomic E-state index is 0.221. The van der Waals surface area contributed by atoms with Crippen LogP contribution in [-0.2, 0) is 4.74 Å². The van der Waals surface area contributed by atoms with E-state index in [9.17, 15) is 4.39 Å². The molecule has 1 aromatic rings. The van der Waals surface area contributed by atoms with E-state index >= 15 is 0 Å². The van der Waals surface area contributed by atoms with E-state index in [0.29, 0.717) is 12.5 Å². The van der Waals surface area contributed by atoms with E-state index in [1.807, 2.05) is 0 Å². The number of nitrogens with zero attached hydrogens (tertiary/aromatic N) is 1. The highest BCUT2D eigenvalue weighted by Gasteiger charge is 2.31. The standard InChI is InChI=1S/C17H24FNO2/c18-15-2-6-17(7-3-15)21-10-1-9-19(16-4-5-16)12-14-8-11-20-13-14/h2-3,6-7,14,16H,1,4-5,8-13H2. The zero-order valence-electron chi connectivity index (χ0n) is 12.5. The van der Waals surface area contributed by atoms with Crippen LogP contribution in [0.15, 0.2) is 24.3 Å². The van der Waals surface area contributed by atoms with E-state index in [1.54, 1.807) is 12.1 Å². The van der Waals surface area contributed by atoms with Crippen LogP contribution < -0.4 is 4.74 Å². The minimum Gasteiger partial charge on any atom is -0.494 e. The third-order valence-corrected chi connectivity index (χ3v) is 4.25. The summed E-state index contributed by atoms with van der Waals surface area (Å²) < 4.78 is 23.9. The molecule has 0 amide bonds. The molecule has 1 unspecified atom stereocenters. The molecule has 0 spiro atoms. The Bertz CT molecular complexity index is 427. The highest BCUT2D eigenvalue weighted by atomic mass is 19.1. The van der Waals surface area contributed by atoms with Crippen molar-refractivity contribution in [3.63, 3.8) is 0 Å². The van der Waals surface area contributed by atoms with Gasteiger partial charge in [0.1, 0.15) is 11.6 Å². The van der Waals surface area contributed by atoms with Crippen LogP contribution in [0.3, 0.4) is 0 Å². The van der Waals surface area contributed by atoms with Crippen molar-refractivity contribution in [3.05, 3.63) is 30.1 Å². The first-order valence-corrected chi connectivity index (χ1v) is 8.01. The molecule has 2 fully saturated rings. The molecule has 3 rings (SSSR count). The Hall–Kier alpha value is -1.13. The van der Waals surface area contributed by atoms with Crippen LogP contribution in [0.1, 0.15) is 25.7 Å². The van der Waals surface area contributed by atoms with Crippen molar-refractivity contribution in [1.29, 1.82) is 0 Å². The van der Waals surface area contributed by atoms with Crippen molar-refractivity contribution in [2.75, 3.05) is 32.9 Å². The predicted octanol–water partition coefficient (Wildman–Crippen LogP) is 3.10. The number of rotatable bonds is 8. The van der Waals surface area contributed by atoms with Gasteiger partial charge in [-0.1, -0.05) is 0 Å². The monoisotopic (exact) mass is 293 g/mol. The van der Waals surface area contributed by atoms with Gasteiger partial charge in [-0.3, -0.25) is 4.90 Å². The summed E-state index contributed by atoms with van der Waals surface area (Å²) in [7, 11) is 0. The number of halogens is 1. The predicted molar refractivity (Wildman–Crippen MR) is 80.0 cm³/mol. The van der Waals surface area contributed by atoms with Gasteiger partial charge in [-0.05, 0) is 55.9 Å². The highest BCUT2D eigenvalue weighted by Crippen LogP contribution is 2.29. The molecular formula is C17H24FNO2. The normalized spacial score (nSPS) is 21.9. The first-order chi connectivity index (χ1) is 10.3. The maximum Gasteiger partial charge on any atom is 0.123 e. The minimum atomic E-state index is -0.221. The third kappa shape index (κ3) is 4.68. The van der Waals surface area contributed by atoms with E-state index in [2.05, 4.69) is 4.90 Å². The third-order valence-electron chi connectivity index (χ3n) is 4.25. The Balaban J connectivity index is 1.37. The molecule has 1 heterocycles. The van der Waals surface area contributed by atoms with Gasteiger partial charge < -0.3 is 9.47 Å². The Morgan fingerprint density at radius 3 is 2.67 bits per heavy atom. The lowest BCUT2D eigenvalue weighted by atomic mass is 10.1. The van der Waals surface area contributed by atoms with E-state index in [0.717, 1.165) is 38.0 Å². The molecule has 21 heavy (non-hydrogen) atoms. The van der Waals surface area contributed by atoms with Crippen molar-refractivity contribution in [2.24, 2.45) is 5.92 Å². The smallest absolute Gasteiger partial charge is 0.123 e. The summed E-state index contributed by atoms with van der Waals surface area (Å²) in [6, 6.07) is 7.03. The van der Waals surface area contributed by atoms with Crippen LogP contribution in [0.4, 0.5) is 4.39 Å². The van der Waals surface area contributed by atoms with Gasteiger partial charge in [-0.25, -0.2) is 4.39 Å². The zero-order valence-corrected chi connectivity index (χ0v) is 12.5. The van der Waals surface area contributed by atoms with E-state index in [1.165, 1.54) is 37.9 Å². The lowest BCUT2D eigenvalue weighted by molar-refractivity contribution is 0.159. The average molecular weight is 293 g/mol. The fourth-order valence-electron chi connectivity index (χ4n) is 2.91. The number of ether oxygens (including phenoxy) is 2. The highest BCUT2D eigenvalue weighted by molar-refractivity contribution is 5.21. The molecule has 1 atom stereocenters. The van der Waals surface area contributed by atoms with Gasteiger partial charge in [0.2, 0.25) is 0 Å². The van der Waals surface area contributed by atoms with Gasteiger partial charge in [0, 0.05) is 25.7 Å². The molecule has 4 heteroatoms. The first-order valence-electron chi connectivity index (χ1n) is 8.01. The molecule has 0 aromatic heterocycles. The second-order valence-electron chi connectivity index (χ2n) is 6.11. The molecule has 1 saturated heterocycles. The molecule has 1 aromatic carbocycles. The van der Waals surface area contributed by atoms with Gasteiger partial charge in [-0.15, -0.1) is 0 Å². The summed E-state index contributed by atoms with van der Waals surface area (Å²) >= 11 is 0. The van der Waals surface area contributed by atoms with Crippen molar-refractivity contribution >= 4 is 0 Å². The molecule has 1 aliphatic heterocycles. The van der Waals surface area contributed by atoms with Crippen LogP contribution in [0, 0.1) is 11.7 Å². The van der Waals surface area contributed by atoms with Crippen LogP contribution in [0.2, 0.25) is 0 Å². The lowest BCUT2D eigenvalue weighted by Gasteiger charge is -2.24. The first kappa shape index (κ1) is 14.8. The van der Waals surface area contributed by atoms with Crippen molar-refractivity contribution in [2.45, 2.75) is 31.7 Å².